The monoisotopic (exact) mass is 287 g/mol. The van der Waals surface area contributed by atoms with Gasteiger partial charge in [0, 0.05) is 18.7 Å². The molecule has 2 aromatic heterocycles. The molecule has 7 heteroatoms. The Bertz CT molecular complexity index is 705. The molecule has 2 heterocycles. The van der Waals surface area contributed by atoms with Crippen molar-refractivity contribution < 1.29 is 9.59 Å². The fourth-order valence-electron chi connectivity index (χ4n) is 1.90. The number of aryl methyl sites for hydroxylation is 1. The number of aromatic nitrogens is 3. The van der Waals surface area contributed by atoms with E-state index in [1.807, 2.05) is 0 Å². The summed E-state index contributed by atoms with van der Waals surface area (Å²) < 4.78 is 1.28. The zero-order chi connectivity index (χ0) is 15.6. The fraction of sp³-hybridized carbons (Fsp3) is 0.286. The zero-order valence-electron chi connectivity index (χ0n) is 12.2. The summed E-state index contributed by atoms with van der Waals surface area (Å²) in [6.07, 6.45) is 1.53. The summed E-state index contributed by atoms with van der Waals surface area (Å²) in [6.45, 7) is 5.19. The summed E-state index contributed by atoms with van der Waals surface area (Å²) in [5, 5.41) is 6.78. The highest BCUT2D eigenvalue weighted by molar-refractivity contribution is 5.96. The Morgan fingerprint density at radius 2 is 2.10 bits per heavy atom. The molecule has 0 aliphatic rings. The molecule has 0 fully saturated rings. The lowest BCUT2D eigenvalue weighted by molar-refractivity contribution is -0.119. The number of amides is 1. The zero-order valence-corrected chi connectivity index (χ0v) is 12.2. The first-order chi connectivity index (χ1) is 9.90. The predicted molar refractivity (Wildman–Crippen MR) is 77.6 cm³/mol. The fourth-order valence-corrected chi connectivity index (χ4v) is 1.90. The van der Waals surface area contributed by atoms with Crippen LogP contribution >= 0.6 is 0 Å². The smallest absolute Gasteiger partial charge is 0.278 e. The number of hydrogen-bond donors (Lipinski definition) is 2. The molecular formula is C14H17N5O2. The first kappa shape index (κ1) is 14.7. The van der Waals surface area contributed by atoms with Gasteiger partial charge in [0.05, 0.1) is 29.3 Å². The second kappa shape index (κ2) is 5.74. The Kier molecular flexibility index (Phi) is 4.02. The molecule has 0 atom stereocenters. The summed E-state index contributed by atoms with van der Waals surface area (Å²) in [5.74, 6) is -0.432. The third-order valence-electron chi connectivity index (χ3n) is 3.12. The lowest BCUT2D eigenvalue weighted by Gasteiger charge is -2.06. The number of carbonyl (C=O) groups is 2. The van der Waals surface area contributed by atoms with Crippen molar-refractivity contribution in [3.63, 3.8) is 0 Å². The standard InChI is InChI=1S/C14H17N5O2/c1-8-13(15)9(2)19(18-8)14(21)11-4-5-16-12(6-11)7-17-10(3)20/h4-6H,7,15H2,1-3H3,(H,17,20). The van der Waals surface area contributed by atoms with Crippen LogP contribution in [0.2, 0.25) is 0 Å². The molecule has 3 N–H and O–H groups in total. The average molecular weight is 287 g/mol. The van der Waals surface area contributed by atoms with E-state index in [-0.39, 0.29) is 18.4 Å². The average Bonchev–Trinajstić information content (AvgIpc) is 2.72. The minimum absolute atomic E-state index is 0.153. The van der Waals surface area contributed by atoms with Gasteiger partial charge in [-0.15, -0.1) is 0 Å². The van der Waals surface area contributed by atoms with Crippen LogP contribution in [0, 0.1) is 13.8 Å². The van der Waals surface area contributed by atoms with Gasteiger partial charge in [0.25, 0.3) is 5.91 Å². The van der Waals surface area contributed by atoms with E-state index in [1.54, 1.807) is 26.0 Å². The van der Waals surface area contributed by atoms with Gasteiger partial charge in [-0.25, -0.2) is 0 Å². The predicted octanol–water partition coefficient (Wildman–Crippen LogP) is 0.802. The summed E-state index contributed by atoms with van der Waals surface area (Å²) in [7, 11) is 0. The Morgan fingerprint density at radius 3 is 2.67 bits per heavy atom. The molecule has 0 aliphatic heterocycles. The van der Waals surface area contributed by atoms with E-state index in [9.17, 15) is 9.59 Å². The van der Waals surface area contributed by atoms with Crippen molar-refractivity contribution >= 4 is 17.5 Å². The van der Waals surface area contributed by atoms with Gasteiger partial charge in [0.1, 0.15) is 0 Å². The molecule has 0 saturated carbocycles. The molecule has 0 saturated heterocycles. The Morgan fingerprint density at radius 1 is 1.38 bits per heavy atom. The van der Waals surface area contributed by atoms with E-state index < -0.39 is 0 Å². The van der Waals surface area contributed by atoms with Crippen LogP contribution in [-0.4, -0.2) is 26.6 Å². The summed E-state index contributed by atoms with van der Waals surface area (Å²) in [4.78, 5) is 27.5. The number of nitrogens with two attached hydrogens (primary N) is 1. The van der Waals surface area contributed by atoms with Gasteiger partial charge in [-0.2, -0.15) is 9.78 Å². The topological polar surface area (TPSA) is 103 Å². The van der Waals surface area contributed by atoms with E-state index in [0.717, 1.165) is 0 Å². The number of pyridine rings is 1. The van der Waals surface area contributed by atoms with Gasteiger partial charge in [-0.05, 0) is 26.0 Å². The van der Waals surface area contributed by atoms with Crippen LogP contribution in [0.1, 0.15) is 34.4 Å². The largest absolute Gasteiger partial charge is 0.396 e. The molecule has 0 bridgehead atoms. The van der Waals surface area contributed by atoms with Crippen molar-refractivity contribution in [3.05, 3.63) is 41.0 Å². The maximum Gasteiger partial charge on any atom is 0.278 e. The van der Waals surface area contributed by atoms with Crippen LogP contribution in [0.15, 0.2) is 18.3 Å². The Hall–Kier alpha value is -2.70. The number of nitrogen functional groups attached to an aromatic ring is 1. The minimum atomic E-state index is -0.279. The van der Waals surface area contributed by atoms with Crippen LogP contribution < -0.4 is 11.1 Å². The number of carbonyl (C=O) groups excluding carboxylic acids is 2. The second-order valence-corrected chi connectivity index (χ2v) is 4.75. The molecular weight excluding hydrogens is 270 g/mol. The van der Waals surface area contributed by atoms with Gasteiger partial charge >= 0.3 is 0 Å². The van der Waals surface area contributed by atoms with Crippen LogP contribution in [0.4, 0.5) is 5.69 Å². The van der Waals surface area contributed by atoms with Crippen molar-refractivity contribution in [1.82, 2.24) is 20.1 Å². The lowest BCUT2D eigenvalue weighted by atomic mass is 10.2. The first-order valence-corrected chi connectivity index (χ1v) is 6.46. The Labute approximate surface area is 122 Å². The summed E-state index contributed by atoms with van der Waals surface area (Å²) >= 11 is 0. The summed E-state index contributed by atoms with van der Waals surface area (Å²) in [6, 6.07) is 3.23. The lowest BCUT2D eigenvalue weighted by Crippen LogP contribution is -2.20. The normalized spacial score (nSPS) is 10.4. The second-order valence-electron chi connectivity index (χ2n) is 4.75. The molecule has 0 radical (unpaired) electrons. The van der Waals surface area contributed by atoms with Crippen molar-refractivity contribution in [1.29, 1.82) is 0 Å². The quantitative estimate of drug-likeness (QED) is 0.869. The first-order valence-electron chi connectivity index (χ1n) is 6.46. The van der Waals surface area contributed by atoms with Gasteiger partial charge in [-0.1, -0.05) is 0 Å². The van der Waals surface area contributed by atoms with Crippen molar-refractivity contribution in [2.24, 2.45) is 0 Å². The van der Waals surface area contributed by atoms with Gasteiger partial charge in [0.2, 0.25) is 5.91 Å². The molecule has 2 rings (SSSR count). The van der Waals surface area contributed by atoms with E-state index in [0.29, 0.717) is 28.3 Å². The third-order valence-corrected chi connectivity index (χ3v) is 3.12. The molecule has 0 spiro atoms. The van der Waals surface area contributed by atoms with Gasteiger partial charge in [-0.3, -0.25) is 14.6 Å². The summed E-state index contributed by atoms with van der Waals surface area (Å²) in [5.41, 5.74) is 8.62. The van der Waals surface area contributed by atoms with Gasteiger partial charge < -0.3 is 11.1 Å². The molecule has 0 aliphatic carbocycles. The number of nitrogens with one attached hydrogen (secondary N) is 1. The van der Waals surface area contributed by atoms with E-state index >= 15 is 0 Å². The SMILES string of the molecule is CC(=O)NCc1cc(C(=O)n2nc(C)c(N)c2C)ccn1. The molecule has 2 aromatic rings. The minimum Gasteiger partial charge on any atom is -0.396 e. The van der Waals surface area contributed by atoms with Crippen molar-refractivity contribution in [3.8, 4) is 0 Å². The van der Waals surface area contributed by atoms with Crippen LogP contribution in [0.5, 0.6) is 0 Å². The molecule has 21 heavy (non-hydrogen) atoms. The number of rotatable bonds is 3. The molecule has 1 amide bonds. The highest BCUT2D eigenvalue weighted by Crippen LogP contribution is 2.16. The highest BCUT2D eigenvalue weighted by Gasteiger charge is 2.16. The molecule has 0 unspecified atom stereocenters. The van der Waals surface area contributed by atoms with Crippen LogP contribution in [0.25, 0.3) is 0 Å². The van der Waals surface area contributed by atoms with E-state index in [2.05, 4.69) is 15.4 Å². The molecule has 110 valence electrons. The molecule has 0 aromatic carbocycles. The Balaban J connectivity index is 2.29. The highest BCUT2D eigenvalue weighted by atomic mass is 16.2. The van der Waals surface area contributed by atoms with Crippen molar-refractivity contribution in [2.75, 3.05) is 5.73 Å². The third kappa shape index (κ3) is 3.07. The number of nitrogens with zero attached hydrogens (tertiary/aromatic N) is 3. The van der Waals surface area contributed by atoms with Crippen LogP contribution in [0.3, 0.4) is 0 Å². The maximum atomic E-state index is 12.5. The maximum absolute atomic E-state index is 12.5. The number of anilines is 1. The molecule has 7 nitrogen and oxygen atoms in total. The van der Waals surface area contributed by atoms with Crippen molar-refractivity contribution in [2.45, 2.75) is 27.3 Å². The van der Waals surface area contributed by atoms with E-state index in [4.69, 9.17) is 5.73 Å². The van der Waals surface area contributed by atoms with Gasteiger partial charge in [0.15, 0.2) is 0 Å². The number of hydrogen-bond acceptors (Lipinski definition) is 5. The van der Waals surface area contributed by atoms with E-state index in [1.165, 1.54) is 17.8 Å². The van der Waals surface area contributed by atoms with Crippen LogP contribution in [-0.2, 0) is 11.3 Å².